The summed E-state index contributed by atoms with van der Waals surface area (Å²) in [5.74, 6) is -1.80. The number of phosphoric ester groups is 1. The Balaban J connectivity index is 4.34. The summed E-state index contributed by atoms with van der Waals surface area (Å²) in [6.07, 6.45) is 37.4. The molecule has 0 aliphatic heterocycles. The number of carbonyl (C=O) groups is 2. The quantitative estimate of drug-likeness (QED) is 0.0250. The molecule has 3 atom stereocenters. The number of ether oxygens (including phenoxy) is 2. The van der Waals surface area contributed by atoms with Crippen molar-refractivity contribution < 1.29 is 42.7 Å². The van der Waals surface area contributed by atoms with E-state index in [0.717, 1.165) is 83.5 Å². The lowest BCUT2D eigenvalue weighted by atomic mass is 10.1. The van der Waals surface area contributed by atoms with E-state index >= 15 is 0 Å². The van der Waals surface area contributed by atoms with Gasteiger partial charge in [0.05, 0.1) is 19.8 Å². The van der Waals surface area contributed by atoms with Crippen LogP contribution in [0.25, 0.3) is 0 Å². The summed E-state index contributed by atoms with van der Waals surface area (Å²) in [4.78, 5) is 33.3. The van der Waals surface area contributed by atoms with Gasteiger partial charge in [0, 0.05) is 13.0 Å². The van der Waals surface area contributed by atoms with Gasteiger partial charge in [0.25, 0.3) is 0 Å². The van der Waals surface area contributed by atoms with E-state index in [1.807, 2.05) is 0 Å². The maximum absolute atomic E-state index is 12.5. The van der Waals surface area contributed by atoms with E-state index in [9.17, 15) is 19.0 Å². The maximum atomic E-state index is 12.5. The molecule has 0 radical (unpaired) electrons. The number of rotatable bonds is 35. The summed E-state index contributed by atoms with van der Waals surface area (Å²) in [6.45, 7) is 3.66. The lowest BCUT2D eigenvalue weighted by Crippen LogP contribution is -2.34. The molecule has 4 N–H and O–H groups in total. The largest absolute Gasteiger partial charge is 0.480 e. The highest BCUT2D eigenvalue weighted by Crippen LogP contribution is 2.43. The molecule has 0 spiro atoms. The Hall–Kier alpha value is -2.07. The molecule has 0 amide bonds. The number of carboxylic acid groups (broad SMARTS) is 1. The second kappa shape index (κ2) is 34.4. The molecule has 284 valence electrons. The third-order valence-corrected chi connectivity index (χ3v) is 8.54. The van der Waals surface area contributed by atoms with Gasteiger partial charge < -0.3 is 25.2 Å². The molecule has 0 saturated carbocycles. The Morgan fingerprint density at radius 1 is 0.673 bits per heavy atom. The number of carboxylic acids is 1. The normalized spacial score (nSPS) is 14.7. The van der Waals surface area contributed by atoms with Crippen LogP contribution in [0.15, 0.2) is 48.6 Å². The average Bonchev–Trinajstić information content (AvgIpc) is 3.07. The lowest BCUT2D eigenvalue weighted by molar-refractivity contribution is -0.154. The Bertz CT molecular complexity index is 967. The van der Waals surface area contributed by atoms with Crippen LogP contribution >= 0.6 is 7.82 Å². The summed E-state index contributed by atoms with van der Waals surface area (Å²) < 4.78 is 33.1. The van der Waals surface area contributed by atoms with Crippen molar-refractivity contribution in [1.82, 2.24) is 0 Å². The minimum absolute atomic E-state index is 0.00309. The van der Waals surface area contributed by atoms with Crippen LogP contribution in [0.5, 0.6) is 0 Å². The minimum atomic E-state index is -4.61. The van der Waals surface area contributed by atoms with Gasteiger partial charge in [-0.1, -0.05) is 120 Å². The zero-order valence-electron chi connectivity index (χ0n) is 30.5. The molecule has 0 fully saturated rings. The summed E-state index contributed by atoms with van der Waals surface area (Å²) in [5, 5.41) is 8.86. The lowest BCUT2D eigenvalue weighted by Gasteiger charge is -2.20. The maximum Gasteiger partial charge on any atom is 0.472 e. The third kappa shape index (κ3) is 34.2. The first-order chi connectivity index (χ1) is 23.7. The highest BCUT2D eigenvalue weighted by Gasteiger charge is 2.27. The Morgan fingerprint density at radius 2 is 1.18 bits per heavy atom. The molecule has 0 aromatic heterocycles. The monoisotopic (exact) mass is 713 g/mol. The van der Waals surface area contributed by atoms with Crippen LogP contribution in [-0.2, 0) is 32.7 Å². The van der Waals surface area contributed by atoms with Crippen molar-refractivity contribution in [3.8, 4) is 0 Å². The first kappa shape index (κ1) is 46.9. The van der Waals surface area contributed by atoms with Gasteiger partial charge in [0.15, 0.2) is 0 Å². The fourth-order valence-electron chi connectivity index (χ4n) is 4.66. The summed E-state index contributed by atoms with van der Waals surface area (Å²) in [6, 6.07) is -1.48. The molecular formula is C38H68NO9P. The van der Waals surface area contributed by atoms with Crippen molar-refractivity contribution in [2.45, 2.75) is 154 Å². The molecule has 10 nitrogen and oxygen atoms in total. The Kier molecular flexibility index (Phi) is 32.9. The van der Waals surface area contributed by atoms with Gasteiger partial charge in [-0.05, 0) is 64.2 Å². The number of allylic oxidation sites excluding steroid dienone is 8. The summed E-state index contributed by atoms with van der Waals surface area (Å²) >= 11 is 0. The fourth-order valence-corrected chi connectivity index (χ4v) is 5.43. The number of carbonyl (C=O) groups excluding carboxylic acids is 1. The first-order valence-electron chi connectivity index (χ1n) is 18.7. The van der Waals surface area contributed by atoms with Crippen LogP contribution in [0.1, 0.15) is 142 Å². The molecule has 0 aliphatic rings. The third-order valence-electron chi connectivity index (χ3n) is 7.59. The predicted octanol–water partition coefficient (Wildman–Crippen LogP) is 9.53. The van der Waals surface area contributed by atoms with Crippen LogP contribution in [0, 0.1) is 0 Å². The van der Waals surface area contributed by atoms with E-state index < -0.39 is 45.1 Å². The van der Waals surface area contributed by atoms with Gasteiger partial charge in [-0.25, -0.2) is 4.57 Å². The van der Waals surface area contributed by atoms with Crippen LogP contribution < -0.4 is 5.73 Å². The number of nitrogens with two attached hydrogens (primary N) is 1. The predicted molar refractivity (Wildman–Crippen MR) is 198 cm³/mol. The topological polar surface area (TPSA) is 155 Å². The molecule has 49 heavy (non-hydrogen) atoms. The van der Waals surface area contributed by atoms with E-state index in [-0.39, 0.29) is 13.0 Å². The molecule has 11 heteroatoms. The Morgan fingerprint density at radius 3 is 1.80 bits per heavy atom. The molecule has 0 aliphatic carbocycles. The van der Waals surface area contributed by atoms with E-state index in [4.69, 9.17) is 24.8 Å². The van der Waals surface area contributed by atoms with Crippen molar-refractivity contribution >= 4 is 19.8 Å². The minimum Gasteiger partial charge on any atom is -0.480 e. The zero-order valence-corrected chi connectivity index (χ0v) is 31.4. The molecule has 0 bridgehead atoms. The molecule has 0 aromatic carbocycles. The van der Waals surface area contributed by atoms with Crippen molar-refractivity contribution in [3.05, 3.63) is 48.6 Å². The number of hydrogen-bond donors (Lipinski definition) is 3. The van der Waals surface area contributed by atoms with Crippen LogP contribution in [-0.4, -0.2) is 60.5 Å². The van der Waals surface area contributed by atoms with Crippen molar-refractivity contribution in [2.24, 2.45) is 5.73 Å². The van der Waals surface area contributed by atoms with Gasteiger partial charge in [-0.3, -0.25) is 18.6 Å². The number of esters is 1. The second-order valence-corrected chi connectivity index (χ2v) is 13.8. The van der Waals surface area contributed by atoms with Crippen molar-refractivity contribution in [2.75, 3.05) is 26.4 Å². The molecule has 0 heterocycles. The van der Waals surface area contributed by atoms with Gasteiger partial charge >= 0.3 is 19.8 Å². The molecule has 0 aromatic rings. The van der Waals surface area contributed by atoms with E-state index in [1.165, 1.54) is 32.1 Å². The molecule has 3 unspecified atom stereocenters. The van der Waals surface area contributed by atoms with Crippen LogP contribution in [0.3, 0.4) is 0 Å². The summed E-state index contributed by atoms with van der Waals surface area (Å²) in [5.41, 5.74) is 5.33. The van der Waals surface area contributed by atoms with Crippen molar-refractivity contribution in [1.29, 1.82) is 0 Å². The van der Waals surface area contributed by atoms with E-state index in [2.05, 4.69) is 67.0 Å². The van der Waals surface area contributed by atoms with E-state index in [0.29, 0.717) is 13.0 Å². The van der Waals surface area contributed by atoms with Gasteiger partial charge in [-0.2, -0.15) is 0 Å². The average molecular weight is 714 g/mol. The van der Waals surface area contributed by atoms with Gasteiger partial charge in [-0.15, -0.1) is 0 Å². The fraction of sp³-hybridized carbons (Fsp3) is 0.737. The van der Waals surface area contributed by atoms with Crippen LogP contribution in [0.4, 0.5) is 0 Å². The molecule has 0 saturated heterocycles. The first-order valence-corrected chi connectivity index (χ1v) is 20.2. The molecule has 0 rings (SSSR count). The number of unbranched alkanes of at least 4 members (excludes halogenated alkanes) is 13. The summed E-state index contributed by atoms with van der Waals surface area (Å²) in [7, 11) is -4.61. The van der Waals surface area contributed by atoms with E-state index in [1.54, 1.807) is 0 Å². The number of aliphatic carboxylic acids is 1. The standard InChI is InChI=1S/C38H68NO9P/c1-3-5-7-9-11-13-15-16-17-18-19-21-23-25-27-29-31-45-32-35(33-46-49(43,44)47-34-36(39)38(41)42)48-37(40)30-28-26-24-22-20-14-12-10-8-6-4-2/h5,7,10-13,16-17,35-36H,3-4,6,8-9,14-15,18-34,39H2,1-2H3,(H,41,42)(H,43,44)/b7-5-,12-10-,13-11-,17-16-. The number of phosphoric acid groups is 1. The second-order valence-electron chi connectivity index (χ2n) is 12.3. The Labute approximate surface area is 297 Å². The smallest absolute Gasteiger partial charge is 0.472 e. The SMILES string of the molecule is CC/C=C\C/C=C\C/C=C\CCCCCCCCOCC(COP(=O)(O)OCC(N)C(=O)O)OC(=O)CCCCCCC/C=C\CCCC. The number of hydrogen-bond acceptors (Lipinski definition) is 8. The molecular weight excluding hydrogens is 645 g/mol. The van der Waals surface area contributed by atoms with Gasteiger partial charge in [0.2, 0.25) is 0 Å². The highest BCUT2D eigenvalue weighted by atomic mass is 31.2. The highest BCUT2D eigenvalue weighted by molar-refractivity contribution is 7.47. The zero-order chi connectivity index (χ0) is 36.3. The van der Waals surface area contributed by atoms with Crippen LogP contribution in [0.2, 0.25) is 0 Å². The van der Waals surface area contributed by atoms with Crippen molar-refractivity contribution in [3.63, 3.8) is 0 Å². The van der Waals surface area contributed by atoms with Gasteiger partial charge in [0.1, 0.15) is 12.1 Å².